The van der Waals surface area contributed by atoms with Crippen molar-refractivity contribution in [2.75, 3.05) is 13.2 Å². The Morgan fingerprint density at radius 3 is 2.67 bits per heavy atom. The molecule has 1 saturated carbocycles. The van der Waals surface area contributed by atoms with Crippen LogP contribution in [0.4, 0.5) is 5.69 Å². The maximum absolute atomic E-state index is 10.8. The second kappa shape index (κ2) is 5.04. The third-order valence-corrected chi connectivity index (χ3v) is 4.12. The van der Waals surface area contributed by atoms with Crippen LogP contribution in [0.3, 0.4) is 0 Å². The predicted octanol–water partition coefficient (Wildman–Crippen LogP) is 1.80. The summed E-state index contributed by atoms with van der Waals surface area (Å²) in [5.41, 5.74) is 6.59. The molecule has 1 aliphatic rings. The molecule has 0 radical (unpaired) electrons. The third kappa shape index (κ3) is 2.11. The van der Waals surface area contributed by atoms with E-state index in [4.69, 9.17) is 5.73 Å². The highest BCUT2D eigenvalue weighted by Crippen LogP contribution is 2.50. The number of rotatable bonds is 5. The van der Waals surface area contributed by atoms with Gasteiger partial charge in [0.05, 0.1) is 4.92 Å². The summed E-state index contributed by atoms with van der Waals surface area (Å²) in [6.07, 6.45) is 2.97. The Kier molecular flexibility index (Phi) is 3.63. The molecular formula is C13H18N2O3. The highest BCUT2D eigenvalue weighted by molar-refractivity contribution is 5.37. The fourth-order valence-corrected chi connectivity index (χ4v) is 2.84. The maximum atomic E-state index is 10.8. The Morgan fingerprint density at radius 1 is 1.50 bits per heavy atom. The van der Waals surface area contributed by atoms with Gasteiger partial charge in [-0.3, -0.25) is 10.1 Å². The number of hydrogen-bond acceptors (Lipinski definition) is 4. The average Bonchev–Trinajstić information content (AvgIpc) is 2.33. The number of nitrogens with two attached hydrogens (primary N) is 1. The van der Waals surface area contributed by atoms with Crippen molar-refractivity contribution >= 4 is 5.69 Å². The van der Waals surface area contributed by atoms with Crippen LogP contribution in [-0.4, -0.2) is 23.2 Å². The van der Waals surface area contributed by atoms with Gasteiger partial charge in [-0.25, -0.2) is 0 Å². The van der Waals surface area contributed by atoms with Crippen LogP contribution in [0.2, 0.25) is 0 Å². The van der Waals surface area contributed by atoms with Crippen LogP contribution < -0.4 is 5.73 Å². The Labute approximate surface area is 106 Å². The van der Waals surface area contributed by atoms with Gasteiger partial charge < -0.3 is 10.8 Å². The summed E-state index contributed by atoms with van der Waals surface area (Å²) in [5.74, 6) is -0.00356. The normalized spacial score (nSPS) is 19.0. The van der Waals surface area contributed by atoms with Gasteiger partial charge in [0.25, 0.3) is 5.69 Å². The molecule has 3 N–H and O–H groups in total. The molecule has 0 spiro atoms. The zero-order chi connectivity index (χ0) is 13.2. The molecule has 2 rings (SSSR count). The van der Waals surface area contributed by atoms with E-state index in [1.165, 1.54) is 6.07 Å². The van der Waals surface area contributed by atoms with Crippen LogP contribution in [0.15, 0.2) is 24.3 Å². The lowest BCUT2D eigenvalue weighted by molar-refractivity contribution is -0.384. The minimum Gasteiger partial charge on any atom is -0.396 e. The molecule has 1 atom stereocenters. The molecule has 0 aromatic heterocycles. The first-order chi connectivity index (χ1) is 8.63. The minimum atomic E-state index is -0.399. The Hall–Kier alpha value is -1.46. The Balaban J connectivity index is 2.32. The van der Waals surface area contributed by atoms with Gasteiger partial charge in [-0.15, -0.1) is 0 Å². The fourth-order valence-electron chi connectivity index (χ4n) is 2.84. The zero-order valence-corrected chi connectivity index (χ0v) is 10.2. The quantitative estimate of drug-likeness (QED) is 0.616. The molecule has 0 saturated heterocycles. The molecule has 1 aliphatic carbocycles. The van der Waals surface area contributed by atoms with Gasteiger partial charge >= 0.3 is 0 Å². The summed E-state index contributed by atoms with van der Waals surface area (Å²) in [6.45, 7) is 0.499. The molecule has 0 amide bonds. The van der Waals surface area contributed by atoms with E-state index in [-0.39, 0.29) is 23.6 Å². The van der Waals surface area contributed by atoms with E-state index in [0.717, 1.165) is 24.8 Å². The largest absolute Gasteiger partial charge is 0.396 e. The van der Waals surface area contributed by atoms with Gasteiger partial charge in [0, 0.05) is 30.1 Å². The summed E-state index contributed by atoms with van der Waals surface area (Å²) in [7, 11) is 0. The number of hydrogen-bond donors (Lipinski definition) is 2. The molecule has 5 heteroatoms. The van der Waals surface area contributed by atoms with Crippen molar-refractivity contribution < 1.29 is 10.0 Å². The third-order valence-electron chi connectivity index (χ3n) is 4.12. The summed E-state index contributed by atoms with van der Waals surface area (Å²) in [5, 5.41) is 20.4. The molecular weight excluding hydrogens is 232 g/mol. The van der Waals surface area contributed by atoms with Gasteiger partial charge in [-0.2, -0.15) is 0 Å². The highest BCUT2D eigenvalue weighted by atomic mass is 16.6. The molecule has 1 aromatic rings. The smallest absolute Gasteiger partial charge is 0.269 e. The first-order valence-corrected chi connectivity index (χ1v) is 6.18. The summed E-state index contributed by atoms with van der Waals surface area (Å²) < 4.78 is 0. The van der Waals surface area contributed by atoms with E-state index in [0.29, 0.717) is 6.54 Å². The maximum Gasteiger partial charge on any atom is 0.269 e. The first kappa shape index (κ1) is 13.0. The molecule has 18 heavy (non-hydrogen) atoms. The van der Waals surface area contributed by atoms with Crippen LogP contribution in [0.1, 0.15) is 30.7 Å². The minimum absolute atomic E-state index is 0.00356. The summed E-state index contributed by atoms with van der Waals surface area (Å²) in [4.78, 5) is 10.4. The fraction of sp³-hybridized carbons (Fsp3) is 0.538. The summed E-state index contributed by atoms with van der Waals surface area (Å²) >= 11 is 0. The van der Waals surface area contributed by atoms with Crippen LogP contribution in [0.25, 0.3) is 0 Å². The standard InChI is InChI=1S/C13H18N2O3/c14-8-12(13(9-16)5-2-6-13)10-3-1-4-11(7-10)15(17)18/h1,3-4,7,12,16H,2,5-6,8-9,14H2/t12-/m1/s1. The van der Waals surface area contributed by atoms with Crippen LogP contribution >= 0.6 is 0 Å². The predicted molar refractivity (Wildman–Crippen MR) is 68.3 cm³/mol. The number of benzene rings is 1. The number of nitrogens with zero attached hydrogens (tertiary/aromatic N) is 1. The van der Waals surface area contributed by atoms with E-state index in [2.05, 4.69) is 0 Å². The molecule has 0 unspecified atom stereocenters. The van der Waals surface area contributed by atoms with Crippen molar-refractivity contribution in [3.8, 4) is 0 Å². The topological polar surface area (TPSA) is 89.4 Å². The Bertz CT molecular complexity index is 438. The van der Waals surface area contributed by atoms with Crippen molar-refractivity contribution in [3.05, 3.63) is 39.9 Å². The van der Waals surface area contributed by atoms with Crippen molar-refractivity contribution in [3.63, 3.8) is 0 Å². The summed E-state index contributed by atoms with van der Waals surface area (Å²) in [6, 6.07) is 6.59. The number of nitro benzene ring substituents is 1. The van der Waals surface area contributed by atoms with Crippen LogP contribution in [-0.2, 0) is 0 Å². The lowest BCUT2D eigenvalue weighted by Gasteiger charge is -2.46. The molecule has 98 valence electrons. The van der Waals surface area contributed by atoms with E-state index >= 15 is 0 Å². The molecule has 0 bridgehead atoms. The molecule has 1 fully saturated rings. The molecule has 5 nitrogen and oxygen atoms in total. The van der Waals surface area contributed by atoms with E-state index in [1.54, 1.807) is 12.1 Å². The van der Waals surface area contributed by atoms with Crippen LogP contribution in [0.5, 0.6) is 0 Å². The first-order valence-electron chi connectivity index (χ1n) is 6.18. The monoisotopic (exact) mass is 250 g/mol. The average molecular weight is 250 g/mol. The molecule has 1 aromatic carbocycles. The van der Waals surface area contributed by atoms with Crippen molar-refractivity contribution in [2.24, 2.45) is 11.1 Å². The van der Waals surface area contributed by atoms with Gasteiger partial charge in [0.15, 0.2) is 0 Å². The second-order valence-electron chi connectivity index (χ2n) is 5.01. The van der Waals surface area contributed by atoms with E-state index in [9.17, 15) is 15.2 Å². The van der Waals surface area contributed by atoms with Gasteiger partial charge in [0.2, 0.25) is 0 Å². The lowest BCUT2D eigenvalue weighted by atomic mass is 9.59. The van der Waals surface area contributed by atoms with Crippen molar-refractivity contribution in [1.29, 1.82) is 0 Å². The number of aliphatic hydroxyl groups excluding tert-OH is 1. The SMILES string of the molecule is NC[C@H](c1cccc([N+](=O)[O-])c1)C1(CO)CCC1. The second-order valence-corrected chi connectivity index (χ2v) is 5.01. The van der Waals surface area contributed by atoms with Crippen molar-refractivity contribution in [1.82, 2.24) is 0 Å². The molecule has 0 heterocycles. The number of non-ortho nitro benzene ring substituents is 1. The number of aliphatic hydroxyl groups is 1. The van der Waals surface area contributed by atoms with E-state index in [1.807, 2.05) is 6.07 Å². The number of nitro groups is 1. The Morgan fingerprint density at radius 2 is 2.22 bits per heavy atom. The zero-order valence-electron chi connectivity index (χ0n) is 10.2. The van der Waals surface area contributed by atoms with Crippen LogP contribution in [0, 0.1) is 15.5 Å². The highest BCUT2D eigenvalue weighted by Gasteiger charge is 2.43. The lowest BCUT2D eigenvalue weighted by Crippen LogP contribution is -2.42. The van der Waals surface area contributed by atoms with E-state index < -0.39 is 4.92 Å². The molecule has 0 aliphatic heterocycles. The van der Waals surface area contributed by atoms with Crippen molar-refractivity contribution in [2.45, 2.75) is 25.2 Å². The van der Waals surface area contributed by atoms with Gasteiger partial charge in [-0.1, -0.05) is 18.6 Å². The van der Waals surface area contributed by atoms with Gasteiger partial charge in [-0.05, 0) is 24.9 Å². The van der Waals surface area contributed by atoms with Gasteiger partial charge in [0.1, 0.15) is 0 Å².